The van der Waals surface area contributed by atoms with Gasteiger partial charge >= 0.3 is 0 Å². The smallest absolute Gasteiger partial charge is 0.223 e. The molecule has 1 saturated heterocycles. The molecule has 4 unspecified atom stereocenters. The summed E-state index contributed by atoms with van der Waals surface area (Å²) in [7, 11) is 3.67. The number of amides is 2. The highest BCUT2D eigenvalue weighted by atomic mass is 16.5. The van der Waals surface area contributed by atoms with Gasteiger partial charge in [-0.15, -0.1) is 0 Å². The van der Waals surface area contributed by atoms with E-state index in [1.165, 1.54) is 25.7 Å². The molecule has 4 N–H and O–H groups in total. The molecule has 44 heavy (non-hydrogen) atoms. The standard InChI is InChI=1S/C33H62N4O7/c1-33(14-10-28(24-33)36-29-11-17-44-25-30(29)40-3)13-4-5-15-35-32(39)26-6-8-27(9-7-26)37-31(38)12-18-41-20-22-43-23-21-42-19-16-34-2/h26-30,34,36H,4-25H2,1-3H3,(H,35,39)(H,37,38). The maximum atomic E-state index is 12.8. The third kappa shape index (κ3) is 14.4. The molecule has 11 nitrogen and oxygen atoms in total. The van der Waals surface area contributed by atoms with Crippen molar-refractivity contribution in [1.82, 2.24) is 21.3 Å². The van der Waals surface area contributed by atoms with Crippen molar-refractivity contribution in [2.24, 2.45) is 11.3 Å². The van der Waals surface area contributed by atoms with Crippen molar-refractivity contribution in [1.29, 1.82) is 0 Å². The zero-order valence-corrected chi connectivity index (χ0v) is 27.8. The Morgan fingerprint density at radius 2 is 1.59 bits per heavy atom. The zero-order valence-electron chi connectivity index (χ0n) is 27.8. The number of likely N-dealkylation sites (N-methyl/N-ethyl adjacent to an activating group) is 1. The fourth-order valence-corrected chi connectivity index (χ4v) is 6.84. The number of carbonyl (C=O) groups is 2. The predicted octanol–water partition coefficient (Wildman–Crippen LogP) is 2.56. The molecule has 4 atom stereocenters. The van der Waals surface area contributed by atoms with Crippen LogP contribution in [-0.2, 0) is 33.3 Å². The largest absolute Gasteiger partial charge is 0.379 e. The Balaban J connectivity index is 1.15. The monoisotopic (exact) mass is 626 g/mol. The van der Waals surface area contributed by atoms with Crippen molar-refractivity contribution in [3.8, 4) is 0 Å². The second-order valence-corrected chi connectivity index (χ2v) is 13.2. The number of rotatable bonds is 22. The van der Waals surface area contributed by atoms with Crippen LogP contribution >= 0.6 is 0 Å². The molecule has 0 aromatic rings. The number of unbranched alkanes of at least 4 members (excludes halogenated alkanes) is 1. The summed E-state index contributed by atoms with van der Waals surface area (Å²) in [5.41, 5.74) is 0.375. The molecule has 2 saturated carbocycles. The van der Waals surface area contributed by atoms with Crippen LogP contribution in [0.25, 0.3) is 0 Å². The molecule has 1 heterocycles. The van der Waals surface area contributed by atoms with Gasteiger partial charge in [-0.25, -0.2) is 0 Å². The Hall–Kier alpha value is -1.34. The van der Waals surface area contributed by atoms with Crippen molar-refractivity contribution in [2.45, 2.75) is 108 Å². The Kier molecular flexibility index (Phi) is 18.1. The van der Waals surface area contributed by atoms with Crippen LogP contribution in [0.2, 0.25) is 0 Å². The molecule has 256 valence electrons. The number of methoxy groups -OCH3 is 1. The minimum Gasteiger partial charge on any atom is -0.379 e. The molecule has 3 rings (SSSR count). The molecule has 1 aliphatic heterocycles. The van der Waals surface area contributed by atoms with Crippen LogP contribution in [0, 0.1) is 11.3 Å². The number of hydrogen-bond donors (Lipinski definition) is 4. The first-order chi connectivity index (χ1) is 21.4. The SMILES string of the molecule is CNCCOCCOCCOCCC(=O)NC1CCC(C(=O)NCCCCC2(C)CCC(NC3CCOCC3OC)C2)CC1. The summed E-state index contributed by atoms with van der Waals surface area (Å²) >= 11 is 0. The van der Waals surface area contributed by atoms with Crippen LogP contribution < -0.4 is 21.3 Å². The summed E-state index contributed by atoms with van der Waals surface area (Å²) in [6, 6.07) is 1.10. The Bertz CT molecular complexity index is 798. The first-order valence-electron chi connectivity index (χ1n) is 17.2. The van der Waals surface area contributed by atoms with Crippen LogP contribution in [0.1, 0.15) is 84.0 Å². The van der Waals surface area contributed by atoms with E-state index in [0.29, 0.717) is 70.2 Å². The van der Waals surface area contributed by atoms with Gasteiger partial charge in [0.15, 0.2) is 0 Å². The molecule has 3 aliphatic rings. The van der Waals surface area contributed by atoms with Crippen LogP contribution in [-0.4, -0.2) is 116 Å². The van der Waals surface area contributed by atoms with Crippen LogP contribution in [0.3, 0.4) is 0 Å². The number of carbonyl (C=O) groups excluding carboxylic acids is 2. The second kappa shape index (κ2) is 21.5. The Labute approximate surface area is 265 Å². The number of nitrogens with one attached hydrogen (secondary N) is 4. The van der Waals surface area contributed by atoms with Gasteiger partial charge in [0.2, 0.25) is 11.8 Å². The zero-order chi connectivity index (χ0) is 31.5. The number of hydrogen-bond acceptors (Lipinski definition) is 9. The Morgan fingerprint density at radius 3 is 2.32 bits per heavy atom. The van der Waals surface area contributed by atoms with Crippen molar-refractivity contribution < 1.29 is 33.3 Å². The van der Waals surface area contributed by atoms with Crippen molar-refractivity contribution in [3.05, 3.63) is 0 Å². The van der Waals surface area contributed by atoms with Gasteiger partial charge in [0.25, 0.3) is 0 Å². The molecule has 2 aliphatic carbocycles. The van der Waals surface area contributed by atoms with E-state index in [1.807, 2.05) is 7.05 Å². The van der Waals surface area contributed by atoms with Crippen molar-refractivity contribution in [3.63, 3.8) is 0 Å². The van der Waals surface area contributed by atoms with E-state index in [2.05, 4.69) is 28.2 Å². The Morgan fingerprint density at radius 1 is 0.864 bits per heavy atom. The summed E-state index contributed by atoms with van der Waals surface area (Å²) in [4.78, 5) is 25.1. The molecule has 2 amide bonds. The molecular weight excluding hydrogens is 564 g/mol. The lowest BCUT2D eigenvalue weighted by Gasteiger charge is -2.34. The van der Waals surface area contributed by atoms with E-state index in [1.54, 1.807) is 7.11 Å². The van der Waals surface area contributed by atoms with Crippen LogP contribution in [0.15, 0.2) is 0 Å². The minimum absolute atomic E-state index is 0.0116. The molecule has 0 spiro atoms. The summed E-state index contributed by atoms with van der Waals surface area (Å²) in [5, 5.41) is 13.2. The number of ether oxygens (including phenoxy) is 5. The normalized spacial score (nSPS) is 29.0. The topological polar surface area (TPSA) is 128 Å². The highest BCUT2D eigenvalue weighted by Crippen LogP contribution is 2.42. The molecule has 3 fully saturated rings. The fraction of sp³-hybridized carbons (Fsp3) is 0.939. The van der Waals surface area contributed by atoms with E-state index < -0.39 is 0 Å². The third-order valence-electron chi connectivity index (χ3n) is 9.58. The van der Waals surface area contributed by atoms with Gasteiger partial charge in [-0.1, -0.05) is 13.3 Å². The molecule has 0 bridgehead atoms. The van der Waals surface area contributed by atoms with Gasteiger partial charge in [-0.3, -0.25) is 9.59 Å². The van der Waals surface area contributed by atoms with E-state index in [0.717, 1.165) is 64.6 Å². The fourth-order valence-electron chi connectivity index (χ4n) is 6.84. The van der Waals surface area contributed by atoms with E-state index in [9.17, 15) is 9.59 Å². The highest BCUT2D eigenvalue weighted by molar-refractivity contribution is 5.79. The van der Waals surface area contributed by atoms with E-state index >= 15 is 0 Å². The molecular formula is C33H62N4O7. The van der Waals surface area contributed by atoms with Crippen LogP contribution in [0.5, 0.6) is 0 Å². The maximum Gasteiger partial charge on any atom is 0.223 e. The molecule has 0 aromatic heterocycles. The van der Waals surface area contributed by atoms with Gasteiger partial charge in [-0.2, -0.15) is 0 Å². The van der Waals surface area contributed by atoms with Gasteiger partial charge in [0.05, 0.1) is 52.4 Å². The summed E-state index contributed by atoms with van der Waals surface area (Å²) in [5.74, 6) is 0.244. The average molecular weight is 627 g/mol. The first-order valence-corrected chi connectivity index (χ1v) is 17.2. The van der Waals surface area contributed by atoms with Crippen LogP contribution in [0.4, 0.5) is 0 Å². The lowest BCUT2D eigenvalue weighted by atomic mass is 9.83. The lowest BCUT2D eigenvalue weighted by molar-refractivity contribution is -0.126. The molecule has 11 heteroatoms. The quantitative estimate of drug-likeness (QED) is 0.134. The van der Waals surface area contributed by atoms with E-state index in [4.69, 9.17) is 23.7 Å². The van der Waals surface area contributed by atoms with E-state index in [-0.39, 0.29) is 29.9 Å². The second-order valence-electron chi connectivity index (χ2n) is 13.2. The van der Waals surface area contributed by atoms with Gasteiger partial charge < -0.3 is 45.0 Å². The summed E-state index contributed by atoms with van der Waals surface area (Å²) in [6.45, 7) is 8.63. The van der Waals surface area contributed by atoms with Gasteiger partial charge in [0, 0.05) is 57.3 Å². The predicted molar refractivity (Wildman–Crippen MR) is 171 cm³/mol. The minimum atomic E-state index is 0.0116. The third-order valence-corrected chi connectivity index (χ3v) is 9.58. The lowest BCUT2D eigenvalue weighted by Crippen LogP contribution is -2.50. The summed E-state index contributed by atoms with van der Waals surface area (Å²) < 4.78 is 27.6. The maximum absolute atomic E-state index is 12.8. The molecule has 0 aromatic carbocycles. The van der Waals surface area contributed by atoms with Gasteiger partial charge in [0.1, 0.15) is 0 Å². The summed E-state index contributed by atoms with van der Waals surface area (Å²) in [6.07, 6.45) is 11.9. The average Bonchev–Trinajstić information content (AvgIpc) is 3.40. The van der Waals surface area contributed by atoms with Crippen molar-refractivity contribution in [2.75, 3.05) is 80.1 Å². The highest BCUT2D eigenvalue weighted by Gasteiger charge is 2.37. The first kappa shape index (κ1) is 37.1. The van der Waals surface area contributed by atoms with Crippen molar-refractivity contribution >= 4 is 11.8 Å². The van der Waals surface area contributed by atoms with Gasteiger partial charge in [-0.05, 0) is 76.7 Å². The molecule has 0 radical (unpaired) electrons.